The molecule has 1 aromatic heterocycles. The lowest BCUT2D eigenvalue weighted by atomic mass is 10.1. The second kappa shape index (κ2) is 7.91. The summed E-state index contributed by atoms with van der Waals surface area (Å²) in [7, 11) is 0. The number of aromatic nitrogens is 2. The number of hydrogen-bond acceptors (Lipinski definition) is 6. The van der Waals surface area contributed by atoms with E-state index in [9.17, 15) is 5.11 Å². The number of rotatable bonds is 4. The lowest BCUT2D eigenvalue weighted by molar-refractivity contribution is 0.249. The maximum Gasteiger partial charge on any atom is 0.225 e. The molecule has 2 aliphatic heterocycles. The highest BCUT2D eigenvalue weighted by molar-refractivity contribution is 5.50. The molecule has 0 unspecified atom stereocenters. The number of aromatic hydroxyl groups is 1. The molecular formula is C20H27N5O. The molecule has 1 N–H and O–H groups in total. The van der Waals surface area contributed by atoms with Crippen LogP contribution in [-0.4, -0.2) is 59.2 Å². The summed E-state index contributed by atoms with van der Waals surface area (Å²) in [6, 6.07) is 7.51. The number of nitrogens with zero attached hydrogens (tertiary/aromatic N) is 5. The van der Waals surface area contributed by atoms with Crippen LogP contribution in [-0.2, 0) is 6.54 Å². The minimum atomic E-state index is 0.330. The summed E-state index contributed by atoms with van der Waals surface area (Å²) in [4.78, 5) is 16.2. The van der Waals surface area contributed by atoms with E-state index in [1.54, 1.807) is 6.07 Å². The maximum absolute atomic E-state index is 9.65. The quantitative estimate of drug-likeness (QED) is 0.911. The van der Waals surface area contributed by atoms with Crippen molar-refractivity contribution < 1.29 is 5.11 Å². The Bertz CT molecular complexity index is 706. The van der Waals surface area contributed by atoms with Gasteiger partial charge in [-0.25, -0.2) is 9.97 Å². The van der Waals surface area contributed by atoms with Crippen molar-refractivity contribution in [2.24, 2.45) is 0 Å². The van der Waals surface area contributed by atoms with Gasteiger partial charge < -0.3 is 14.9 Å². The first-order valence-corrected chi connectivity index (χ1v) is 9.60. The molecule has 6 nitrogen and oxygen atoms in total. The van der Waals surface area contributed by atoms with Crippen molar-refractivity contribution in [3.63, 3.8) is 0 Å². The molecule has 0 atom stereocenters. The number of hydrogen-bond donors (Lipinski definition) is 1. The normalized spacial score (nSPS) is 18.9. The van der Waals surface area contributed by atoms with Gasteiger partial charge in [-0.2, -0.15) is 0 Å². The molecule has 0 amide bonds. The minimum Gasteiger partial charge on any atom is -0.508 e. The van der Waals surface area contributed by atoms with Crippen molar-refractivity contribution in [3.05, 3.63) is 42.2 Å². The van der Waals surface area contributed by atoms with Gasteiger partial charge >= 0.3 is 0 Å². The second-order valence-corrected chi connectivity index (χ2v) is 7.22. The predicted octanol–water partition coefficient (Wildman–Crippen LogP) is 2.49. The lowest BCUT2D eigenvalue weighted by Gasteiger charge is -2.36. The van der Waals surface area contributed by atoms with Gasteiger partial charge in [0.15, 0.2) is 0 Å². The summed E-state index contributed by atoms with van der Waals surface area (Å²) < 4.78 is 0. The van der Waals surface area contributed by atoms with Crippen LogP contribution in [0.4, 0.5) is 11.6 Å². The van der Waals surface area contributed by atoms with Crippen LogP contribution in [0.15, 0.2) is 36.7 Å². The van der Waals surface area contributed by atoms with E-state index in [0.29, 0.717) is 5.75 Å². The van der Waals surface area contributed by atoms with E-state index in [-0.39, 0.29) is 0 Å². The van der Waals surface area contributed by atoms with Crippen molar-refractivity contribution in [1.29, 1.82) is 0 Å². The van der Waals surface area contributed by atoms with Gasteiger partial charge in [-0.1, -0.05) is 6.07 Å². The Labute approximate surface area is 155 Å². The highest BCUT2D eigenvalue weighted by atomic mass is 16.3. The van der Waals surface area contributed by atoms with Gasteiger partial charge in [-0.3, -0.25) is 4.90 Å². The summed E-state index contributed by atoms with van der Waals surface area (Å²) in [5, 5.41) is 9.65. The fourth-order valence-corrected chi connectivity index (χ4v) is 3.80. The van der Waals surface area contributed by atoms with Crippen molar-refractivity contribution in [2.45, 2.75) is 25.8 Å². The molecular weight excluding hydrogens is 326 g/mol. The first-order valence-electron chi connectivity index (χ1n) is 9.60. The van der Waals surface area contributed by atoms with Crippen molar-refractivity contribution in [1.82, 2.24) is 14.9 Å². The van der Waals surface area contributed by atoms with Crippen LogP contribution in [0.25, 0.3) is 0 Å². The van der Waals surface area contributed by atoms with Crippen LogP contribution >= 0.6 is 0 Å². The number of piperazine rings is 1. The molecule has 2 fully saturated rings. The van der Waals surface area contributed by atoms with Gasteiger partial charge in [0, 0.05) is 75.5 Å². The molecule has 2 aliphatic rings. The predicted molar refractivity (Wildman–Crippen MR) is 104 cm³/mol. The van der Waals surface area contributed by atoms with E-state index >= 15 is 0 Å². The summed E-state index contributed by atoms with van der Waals surface area (Å²) in [6.07, 6.45) is 7.78. The smallest absolute Gasteiger partial charge is 0.225 e. The highest BCUT2D eigenvalue weighted by Gasteiger charge is 2.18. The highest BCUT2D eigenvalue weighted by Crippen LogP contribution is 2.22. The Balaban J connectivity index is 1.30. The van der Waals surface area contributed by atoms with Crippen LogP contribution in [0.2, 0.25) is 0 Å². The van der Waals surface area contributed by atoms with Crippen molar-refractivity contribution >= 4 is 11.6 Å². The van der Waals surface area contributed by atoms with Crippen molar-refractivity contribution in [2.75, 3.05) is 49.1 Å². The van der Waals surface area contributed by atoms with Crippen LogP contribution in [0.5, 0.6) is 5.75 Å². The number of phenolic OH excluding ortho intramolecular Hbond substituents is 1. The zero-order valence-corrected chi connectivity index (χ0v) is 15.2. The fourth-order valence-electron chi connectivity index (χ4n) is 3.80. The molecule has 2 aromatic rings. The first kappa shape index (κ1) is 17.1. The maximum atomic E-state index is 9.65. The Morgan fingerprint density at radius 3 is 2.27 bits per heavy atom. The Morgan fingerprint density at radius 1 is 0.846 bits per heavy atom. The molecule has 4 rings (SSSR count). The van der Waals surface area contributed by atoms with Crippen LogP contribution in [0, 0.1) is 0 Å². The van der Waals surface area contributed by atoms with Gasteiger partial charge in [0.1, 0.15) is 5.75 Å². The first-order chi connectivity index (χ1) is 12.8. The monoisotopic (exact) mass is 353 g/mol. The lowest BCUT2D eigenvalue weighted by Crippen LogP contribution is -2.46. The Morgan fingerprint density at radius 2 is 1.58 bits per heavy atom. The molecule has 2 saturated heterocycles. The molecule has 138 valence electrons. The second-order valence-electron chi connectivity index (χ2n) is 7.22. The zero-order valence-electron chi connectivity index (χ0n) is 15.2. The molecule has 1 aromatic carbocycles. The zero-order chi connectivity index (χ0) is 17.8. The number of piperidine rings is 1. The standard InChI is InChI=1S/C20H27N5O/c26-19-6-4-5-18(13-19)24-11-9-23(10-12-24)16-17-14-21-20(22-15-17)25-7-2-1-3-8-25/h4-6,13-15,26H,1-3,7-12,16H2. The van der Waals surface area contributed by atoms with E-state index < -0.39 is 0 Å². The molecule has 0 radical (unpaired) electrons. The third kappa shape index (κ3) is 4.07. The Hall–Kier alpha value is -2.34. The van der Waals surface area contributed by atoms with Gasteiger partial charge in [0.05, 0.1) is 0 Å². The third-order valence-electron chi connectivity index (χ3n) is 5.30. The number of phenols is 1. The average molecular weight is 353 g/mol. The van der Waals surface area contributed by atoms with Crippen LogP contribution in [0.3, 0.4) is 0 Å². The molecule has 0 aliphatic carbocycles. The van der Waals surface area contributed by atoms with Gasteiger partial charge in [-0.05, 0) is 31.4 Å². The largest absolute Gasteiger partial charge is 0.508 e. The van der Waals surface area contributed by atoms with Gasteiger partial charge in [0.25, 0.3) is 0 Å². The summed E-state index contributed by atoms with van der Waals surface area (Å²) in [5.74, 6) is 1.21. The summed E-state index contributed by atoms with van der Waals surface area (Å²) in [6.45, 7) is 7.00. The molecule has 26 heavy (non-hydrogen) atoms. The van der Waals surface area contributed by atoms with E-state index in [2.05, 4.69) is 30.7 Å². The molecule has 0 saturated carbocycles. The molecule has 0 spiro atoms. The van der Waals surface area contributed by atoms with E-state index in [0.717, 1.165) is 57.4 Å². The SMILES string of the molecule is Oc1cccc(N2CCN(Cc3cnc(N4CCCCC4)nc3)CC2)c1. The Kier molecular flexibility index (Phi) is 5.20. The molecule has 3 heterocycles. The summed E-state index contributed by atoms with van der Waals surface area (Å²) in [5.41, 5.74) is 2.27. The van der Waals surface area contributed by atoms with Gasteiger partial charge in [0.2, 0.25) is 5.95 Å². The minimum absolute atomic E-state index is 0.330. The number of benzene rings is 1. The third-order valence-corrected chi connectivity index (χ3v) is 5.30. The summed E-state index contributed by atoms with van der Waals surface area (Å²) >= 11 is 0. The fraction of sp³-hybridized carbons (Fsp3) is 0.500. The average Bonchev–Trinajstić information content (AvgIpc) is 2.70. The van der Waals surface area contributed by atoms with E-state index in [1.807, 2.05) is 24.5 Å². The molecule has 0 bridgehead atoms. The topological polar surface area (TPSA) is 55.7 Å². The van der Waals surface area contributed by atoms with Gasteiger partial charge in [-0.15, -0.1) is 0 Å². The van der Waals surface area contributed by atoms with E-state index in [1.165, 1.54) is 24.8 Å². The van der Waals surface area contributed by atoms with Crippen LogP contribution < -0.4 is 9.80 Å². The number of anilines is 2. The van der Waals surface area contributed by atoms with Crippen LogP contribution in [0.1, 0.15) is 24.8 Å². The van der Waals surface area contributed by atoms with E-state index in [4.69, 9.17) is 0 Å². The molecule has 6 heteroatoms. The van der Waals surface area contributed by atoms with Crippen molar-refractivity contribution in [3.8, 4) is 5.75 Å².